The molecule has 0 radical (unpaired) electrons. The Labute approximate surface area is 149 Å². The maximum atomic E-state index is 12.6. The molecule has 140 valence electrons. The van der Waals surface area contributed by atoms with Crippen LogP contribution in [0.25, 0.3) is 0 Å². The van der Waals surface area contributed by atoms with Crippen molar-refractivity contribution in [3.63, 3.8) is 0 Å². The Bertz CT molecular complexity index is 545. The number of nitrogens with two attached hydrogens (primary N) is 2. The number of nitrogens with one attached hydrogen (secondary N) is 3. The Hall–Kier alpha value is -2.12. The summed E-state index contributed by atoms with van der Waals surface area (Å²) < 4.78 is 0. The normalized spacial score (nSPS) is 13.3. The van der Waals surface area contributed by atoms with Crippen LogP contribution in [0.2, 0.25) is 0 Å². The zero-order valence-corrected chi connectivity index (χ0v) is 15.3. The first-order valence-corrected chi connectivity index (χ1v) is 8.69. The van der Waals surface area contributed by atoms with Gasteiger partial charge in [0.15, 0.2) is 0 Å². The van der Waals surface area contributed by atoms with E-state index in [4.69, 9.17) is 11.5 Å². The van der Waals surface area contributed by atoms with Gasteiger partial charge in [-0.05, 0) is 37.8 Å². The molecular weight excluding hydrogens is 318 g/mol. The molecule has 0 aliphatic rings. The summed E-state index contributed by atoms with van der Waals surface area (Å²) in [5.41, 5.74) is 13.0. The van der Waals surface area contributed by atoms with Crippen LogP contribution in [0.15, 0.2) is 24.3 Å². The zero-order chi connectivity index (χ0) is 18.8. The summed E-state index contributed by atoms with van der Waals surface area (Å²) in [5.74, 6) is 0.212. The van der Waals surface area contributed by atoms with E-state index < -0.39 is 6.03 Å². The predicted molar refractivity (Wildman–Crippen MR) is 101 cm³/mol. The van der Waals surface area contributed by atoms with Gasteiger partial charge >= 0.3 is 6.03 Å². The Morgan fingerprint density at radius 2 is 1.80 bits per heavy atom. The van der Waals surface area contributed by atoms with Crippen molar-refractivity contribution in [2.45, 2.75) is 45.7 Å². The first-order chi connectivity index (χ1) is 11.8. The van der Waals surface area contributed by atoms with Gasteiger partial charge in [0.2, 0.25) is 5.91 Å². The maximum absolute atomic E-state index is 12.6. The molecule has 1 rings (SSSR count). The topological polar surface area (TPSA) is 122 Å². The number of hydrogen-bond donors (Lipinski definition) is 5. The van der Waals surface area contributed by atoms with Crippen molar-refractivity contribution in [1.82, 2.24) is 10.6 Å². The van der Waals surface area contributed by atoms with Gasteiger partial charge in [-0.25, -0.2) is 4.79 Å². The molecule has 0 saturated heterocycles. The molecule has 1 aromatic rings. The Balaban J connectivity index is 2.61. The fourth-order valence-corrected chi connectivity index (χ4v) is 2.22. The third-order valence-electron chi connectivity index (χ3n) is 4.06. The molecule has 7 heteroatoms. The van der Waals surface area contributed by atoms with Gasteiger partial charge in [0.05, 0.1) is 6.04 Å². The van der Waals surface area contributed by atoms with Crippen LogP contribution >= 0.6 is 0 Å². The first-order valence-electron chi connectivity index (χ1n) is 8.69. The number of carbonyl (C=O) groups excluding carboxylic acids is 2. The molecule has 1 aromatic carbocycles. The fourth-order valence-electron chi connectivity index (χ4n) is 2.22. The largest absolute Gasteiger partial charge is 0.352 e. The highest BCUT2D eigenvalue weighted by molar-refractivity contribution is 5.94. The number of amides is 3. The van der Waals surface area contributed by atoms with Crippen LogP contribution in [-0.4, -0.2) is 37.1 Å². The van der Waals surface area contributed by atoms with Crippen LogP contribution in [0.3, 0.4) is 0 Å². The van der Waals surface area contributed by atoms with E-state index in [2.05, 4.69) is 16.0 Å². The lowest BCUT2D eigenvalue weighted by atomic mass is 10.0. The number of benzene rings is 1. The highest BCUT2D eigenvalue weighted by Crippen LogP contribution is 2.10. The highest BCUT2D eigenvalue weighted by atomic mass is 16.2. The standard InChI is InChI=1S/C18H31N5O2/c1-12(2)15(19)11-22-16(5-4-10-21-18(20)25)17(24)23-14-8-6-13(3)7-9-14/h6-9,12,15-16,22H,4-5,10-11,19H2,1-3H3,(H,23,24)(H3,20,21,25)/t15-,16+/m1/s1. The van der Waals surface area contributed by atoms with E-state index in [-0.39, 0.29) is 18.0 Å². The Morgan fingerprint density at radius 3 is 2.36 bits per heavy atom. The molecule has 0 bridgehead atoms. The van der Waals surface area contributed by atoms with Gasteiger partial charge < -0.3 is 27.4 Å². The molecule has 0 aliphatic carbocycles. The van der Waals surface area contributed by atoms with Gasteiger partial charge in [-0.15, -0.1) is 0 Å². The molecule has 7 N–H and O–H groups in total. The number of rotatable bonds is 10. The van der Waals surface area contributed by atoms with E-state index in [1.807, 2.05) is 45.0 Å². The summed E-state index contributed by atoms with van der Waals surface area (Å²) >= 11 is 0. The van der Waals surface area contributed by atoms with Crippen LogP contribution in [0.5, 0.6) is 0 Å². The highest BCUT2D eigenvalue weighted by Gasteiger charge is 2.19. The third kappa shape index (κ3) is 8.51. The van der Waals surface area contributed by atoms with Crippen molar-refractivity contribution in [1.29, 1.82) is 0 Å². The lowest BCUT2D eigenvalue weighted by Gasteiger charge is -2.22. The van der Waals surface area contributed by atoms with Gasteiger partial charge in [-0.3, -0.25) is 4.79 Å². The summed E-state index contributed by atoms with van der Waals surface area (Å²) in [5, 5.41) is 8.69. The van der Waals surface area contributed by atoms with Crippen LogP contribution in [-0.2, 0) is 4.79 Å². The van der Waals surface area contributed by atoms with E-state index in [0.717, 1.165) is 11.3 Å². The molecular formula is C18H31N5O2. The summed E-state index contributed by atoms with van der Waals surface area (Å²) in [6.45, 7) is 7.07. The Kier molecular flexibility index (Phi) is 8.94. The third-order valence-corrected chi connectivity index (χ3v) is 4.06. The zero-order valence-electron chi connectivity index (χ0n) is 15.3. The molecule has 7 nitrogen and oxygen atoms in total. The van der Waals surface area contributed by atoms with Crippen molar-refractivity contribution in [3.05, 3.63) is 29.8 Å². The lowest BCUT2D eigenvalue weighted by Crippen LogP contribution is -2.47. The van der Waals surface area contributed by atoms with E-state index in [1.165, 1.54) is 0 Å². The number of urea groups is 1. The molecule has 0 aliphatic heterocycles. The number of carbonyl (C=O) groups is 2. The molecule has 0 unspecified atom stereocenters. The summed E-state index contributed by atoms with van der Waals surface area (Å²) in [4.78, 5) is 23.3. The molecule has 2 atom stereocenters. The van der Waals surface area contributed by atoms with Gasteiger partial charge in [0.25, 0.3) is 0 Å². The predicted octanol–water partition coefficient (Wildman–Crippen LogP) is 1.32. The van der Waals surface area contributed by atoms with E-state index in [9.17, 15) is 9.59 Å². The smallest absolute Gasteiger partial charge is 0.312 e. The van der Waals surface area contributed by atoms with Gasteiger partial charge in [0, 0.05) is 24.8 Å². The molecule has 0 spiro atoms. The number of hydrogen-bond acceptors (Lipinski definition) is 4. The second-order valence-corrected chi connectivity index (χ2v) is 6.66. The summed E-state index contributed by atoms with van der Waals surface area (Å²) in [6, 6.07) is 6.67. The number of primary amides is 1. The van der Waals surface area contributed by atoms with Crippen LogP contribution in [0.1, 0.15) is 32.3 Å². The lowest BCUT2D eigenvalue weighted by molar-refractivity contribution is -0.118. The van der Waals surface area contributed by atoms with Crippen LogP contribution in [0.4, 0.5) is 10.5 Å². The van der Waals surface area contributed by atoms with Crippen molar-refractivity contribution < 1.29 is 9.59 Å². The molecule has 0 heterocycles. The first kappa shape index (κ1) is 20.9. The van der Waals surface area contributed by atoms with E-state index in [0.29, 0.717) is 31.8 Å². The average Bonchev–Trinajstić information content (AvgIpc) is 2.55. The molecule has 0 fully saturated rings. The summed E-state index contributed by atoms with van der Waals surface area (Å²) in [6.07, 6.45) is 1.21. The van der Waals surface area contributed by atoms with Gasteiger partial charge in [-0.1, -0.05) is 31.5 Å². The van der Waals surface area contributed by atoms with Crippen LogP contribution in [0, 0.1) is 12.8 Å². The average molecular weight is 349 g/mol. The maximum Gasteiger partial charge on any atom is 0.312 e. The quantitative estimate of drug-likeness (QED) is 0.409. The van der Waals surface area contributed by atoms with Crippen molar-refractivity contribution in [2.75, 3.05) is 18.4 Å². The minimum absolute atomic E-state index is 0.0292. The van der Waals surface area contributed by atoms with Gasteiger partial charge in [0.1, 0.15) is 0 Å². The summed E-state index contributed by atoms with van der Waals surface area (Å²) in [7, 11) is 0. The second kappa shape index (κ2) is 10.7. The van der Waals surface area contributed by atoms with Gasteiger partial charge in [-0.2, -0.15) is 0 Å². The molecule has 25 heavy (non-hydrogen) atoms. The van der Waals surface area contributed by atoms with E-state index >= 15 is 0 Å². The number of aryl methyl sites for hydroxylation is 1. The molecule has 0 aromatic heterocycles. The second-order valence-electron chi connectivity index (χ2n) is 6.66. The number of anilines is 1. The monoisotopic (exact) mass is 349 g/mol. The minimum Gasteiger partial charge on any atom is -0.352 e. The SMILES string of the molecule is Cc1ccc(NC(=O)[C@H](CCCNC(N)=O)NC[C@@H](N)C(C)C)cc1. The molecule has 0 saturated carbocycles. The van der Waals surface area contributed by atoms with Crippen molar-refractivity contribution >= 4 is 17.6 Å². The van der Waals surface area contributed by atoms with Crippen LogP contribution < -0.4 is 27.4 Å². The Morgan fingerprint density at radius 1 is 1.16 bits per heavy atom. The fraction of sp³-hybridized carbons (Fsp3) is 0.556. The molecule has 3 amide bonds. The minimum atomic E-state index is -0.560. The van der Waals surface area contributed by atoms with Crippen molar-refractivity contribution in [3.8, 4) is 0 Å². The van der Waals surface area contributed by atoms with E-state index in [1.54, 1.807) is 0 Å². The van der Waals surface area contributed by atoms with Crippen molar-refractivity contribution in [2.24, 2.45) is 17.4 Å².